The average molecular weight is 368 g/mol. The minimum Gasteiger partial charge on any atom is -0.496 e. The second kappa shape index (κ2) is 7.33. The third kappa shape index (κ3) is 3.37. The first kappa shape index (κ1) is 16.8. The first-order valence-corrected chi connectivity index (χ1v) is 9.55. The van der Waals surface area contributed by atoms with Crippen LogP contribution in [0.25, 0.3) is 11.3 Å². The number of nitrogens with one attached hydrogen (secondary N) is 1. The molecule has 1 N–H and O–H groups in total. The number of carbonyl (C=O) groups is 1. The molecule has 0 saturated carbocycles. The molecule has 1 aliphatic carbocycles. The Labute approximate surface area is 156 Å². The molecular weight excluding hydrogens is 348 g/mol. The lowest BCUT2D eigenvalue weighted by molar-refractivity contribution is 0.0951. The predicted molar refractivity (Wildman–Crippen MR) is 101 cm³/mol. The number of ether oxygens (including phenoxy) is 1. The Morgan fingerprint density at radius 3 is 2.96 bits per heavy atom. The van der Waals surface area contributed by atoms with Crippen LogP contribution in [0.15, 0.2) is 40.9 Å². The van der Waals surface area contributed by atoms with Crippen molar-refractivity contribution in [2.24, 2.45) is 0 Å². The molecule has 0 unspecified atom stereocenters. The fourth-order valence-electron chi connectivity index (χ4n) is 3.24. The second-order valence-electron chi connectivity index (χ2n) is 6.33. The van der Waals surface area contributed by atoms with Gasteiger partial charge in [0.25, 0.3) is 5.91 Å². The van der Waals surface area contributed by atoms with Crippen LogP contribution < -0.4 is 10.1 Å². The van der Waals surface area contributed by atoms with E-state index in [0.717, 1.165) is 29.0 Å². The SMILES string of the molecule is COc1ccccc1-c1cc(CNC(=O)c2cc3c(s2)CCCC3)on1. The molecule has 0 atom stereocenters. The Balaban J connectivity index is 1.43. The first-order chi connectivity index (χ1) is 12.7. The standard InChI is InChI=1S/C20H20N2O3S/c1-24-17-8-4-3-7-15(17)16-11-14(25-22-16)12-21-20(23)19-10-13-6-2-5-9-18(13)26-19/h3-4,7-8,10-11H,2,5-6,9,12H2,1H3,(H,21,23). The largest absolute Gasteiger partial charge is 0.496 e. The number of amides is 1. The maximum Gasteiger partial charge on any atom is 0.261 e. The lowest BCUT2D eigenvalue weighted by Crippen LogP contribution is -2.21. The summed E-state index contributed by atoms with van der Waals surface area (Å²) in [6.07, 6.45) is 4.62. The molecule has 2 heterocycles. The topological polar surface area (TPSA) is 64.4 Å². The van der Waals surface area contributed by atoms with Crippen molar-refractivity contribution in [1.82, 2.24) is 10.5 Å². The summed E-state index contributed by atoms with van der Waals surface area (Å²) in [7, 11) is 1.63. The summed E-state index contributed by atoms with van der Waals surface area (Å²) in [5.74, 6) is 1.29. The highest BCUT2D eigenvalue weighted by atomic mass is 32.1. The number of hydrogen-bond donors (Lipinski definition) is 1. The van der Waals surface area contributed by atoms with Crippen LogP contribution in [-0.4, -0.2) is 18.2 Å². The lowest BCUT2D eigenvalue weighted by atomic mass is 9.99. The van der Waals surface area contributed by atoms with Crippen LogP contribution in [0.1, 0.15) is 38.7 Å². The first-order valence-electron chi connectivity index (χ1n) is 8.73. The van der Waals surface area contributed by atoms with Crippen LogP contribution in [0.5, 0.6) is 5.75 Å². The van der Waals surface area contributed by atoms with E-state index < -0.39 is 0 Å². The maximum absolute atomic E-state index is 12.4. The molecule has 3 aromatic rings. The molecule has 0 aliphatic heterocycles. The Morgan fingerprint density at radius 1 is 1.27 bits per heavy atom. The number of fused-ring (bicyclic) bond motifs is 1. The van der Waals surface area contributed by atoms with Gasteiger partial charge in [-0.15, -0.1) is 11.3 Å². The molecule has 0 bridgehead atoms. The number of rotatable bonds is 5. The fraction of sp³-hybridized carbons (Fsp3) is 0.300. The van der Waals surface area contributed by atoms with E-state index in [9.17, 15) is 4.79 Å². The number of thiophene rings is 1. The minimum atomic E-state index is -0.0559. The molecule has 5 nitrogen and oxygen atoms in total. The predicted octanol–water partition coefficient (Wildman–Crippen LogP) is 4.22. The van der Waals surface area contributed by atoms with E-state index in [1.165, 1.54) is 23.3 Å². The molecule has 1 aromatic carbocycles. The highest BCUT2D eigenvalue weighted by Gasteiger charge is 2.18. The lowest BCUT2D eigenvalue weighted by Gasteiger charge is -2.08. The monoisotopic (exact) mass is 368 g/mol. The summed E-state index contributed by atoms with van der Waals surface area (Å²) in [6.45, 7) is 0.309. The second-order valence-corrected chi connectivity index (χ2v) is 7.46. The van der Waals surface area contributed by atoms with Crippen molar-refractivity contribution in [3.05, 3.63) is 57.5 Å². The third-order valence-corrected chi connectivity index (χ3v) is 5.82. The van der Waals surface area contributed by atoms with E-state index in [4.69, 9.17) is 9.26 Å². The summed E-state index contributed by atoms with van der Waals surface area (Å²) in [5, 5.41) is 7.02. The normalized spacial score (nSPS) is 13.3. The highest BCUT2D eigenvalue weighted by molar-refractivity contribution is 7.14. The summed E-state index contributed by atoms with van der Waals surface area (Å²) >= 11 is 1.61. The highest BCUT2D eigenvalue weighted by Crippen LogP contribution is 2.30. The van der Waals surface area contributed by atoms with Gasteiger partial charge >= 0.3 is 0 Å². The van der Waals surface area contributed by atoms with Crippen LogP contribution in [0.3, 0.4) is 0 Å². The van der Waals surface area contributed by atoms with Gasteiger partial charge in [0.2, 0.25) is 0 Å². The summed E-state index contributed by atoms with van der Waals surface area (Å²) in [4.78, 5) is 14.6. The van der Waals surface area contributed by atoms with Gasteiger partial charge in [0.15, 0.2) is 5.76 Å². The van der Waals surface area contributed by atoms with Gasteiger partial charge in [-0.2, -0.15) is 0 Å². The van der Waals surface area contributed by atoms with Crippen molar-refractivity contribution in [3.8, 4) is 17.0 Å². The molecule has 2 aromatic heterocycles. The number of para-hydroxylation sites is 1. The van der Waals surface area contributed by atoms with E-state index in [-0.39, 0.29) is 5.91 Å². The smallest absolute Gasteiger partial charge is 0.261 e. The Kier molecular flexibility index (Phi) is 4.75. The van der Waals surface area contributed by atoms with E-state index in [0.29, 0.717) is 18.0 Å². The van der Waals surface area contributed by atoms with Gasteiger partial charge < -0.3 is 14.6 Å². The molecule has 134 valence electrons. The van der Waals surface area contributed by atoms with Crippen LogP contribution in [0, 0.1) is 0 Å². The Bertz CT molecular complexity index is 905. The van der Waals surface area contributed by atoms with Crippen molar-refractivity contribution in [3.63, 3.8) is 0 Å². The molecule has 1 aliphatic rings. The molecular formula is C20H20N2O3S. The summed E-state index contributed by atoms with van der Waals surface area (Å²) < 4.78 is 10.7. The van der Waals surface area contributed by atoms with Gasteiger partial charge in [-0.1, -0.05) is 17.3 Å². The van der Waals surface area contributed by atoms with E-state index in [1.54, 1.807) is 18.4 Å². The minimum absolute atomic E-state index is 0.0559. The van der Waals surface area contributed by atoms with E-state index in [2.05, 4.69) is 10.5 Å². The van der Waals surface area contributed by atoms with Gasteiger partial charge in [0.05, 0.1) is 18.5 Å². The van der Waals surface area contributed by atoms with E-state index >= 15 is 0 Å². The number of nitrogens with zero attached hydrogens (tertiary/aromatic N) is 1. The number of methoxy groups -OCH3 is 1. The van der Waals surface area contributed by atoms with Gasteiger partial charge in [-0.3, -0.25) is 4.79 Å². The Hall–Kier alpha value is -2.60. The number of benzene rings is 1. The van der Waals surface area contributed by atoms with Gasteiger partial charge in [0.1, 0.15) is 11.4 Å². The van der Waals surface area contributed by atoms with E-state index in [1.807, 2.05) is 36.4 Å². The van der Waals surface area contributed by atoms with Crippen LogP contribution >= 0.6 is 11.3 Å². The van der Waals surface area contributed by atoms with Crippen molar-refractivity contribution in [1.29, 1.82) is 0 Å². The summed E-state index contributed by atoms with van der Waals surface area (Å²) in [5.41, 5.74) is 2.89. The zero-order chi connectivity index (χ0) is 17.9. The molecule has 0 saturated heterocycles. The average Bonchev–Trinajstić information content (AvgIpc) is 3.33. The molecule has 4 rings (SSSR count). The van der Waals surface area contributed by atoms with Gasteiger partial charge in [-0.05, 0) is 49.4 Å². The number of carbonyl (C=O) groups excluding carboxylic acids is 1. The number of aromatic nitrogens is 1. The molecule has 0 fully saturated rings. The van der Waals surface area contributed by atoms with Crippen LogP contribution in [-0.2, 0) is 19.4 Å². The molecule has 1 amide bonds. The zero-order valence-electron chi connectivity index (χ0n) is 14.6. The molecule has 6 heteroatoms. The van der Waals surface area contributed by atoms with Crippen LogP contribution in [0.2, 0.25) is 0 Å². The van der Waals surface area contributed by atoms with Gasteiger partial charge in [0, 0.05) is 16.5 Å². The summed E-state index contributed by atoms with van der Waals surface area (Å²) in [6, 6.07) is 11.5. The van der Waals surface area contributed by atoms with Crippen molar-refractivity contribution in [2.75, 3.05) is 7.11 Å². The van der Waals surface area contributed by atoms with Crippen molar-refractivity contribution >= 4 is 17.2 Å². The third-order valence-electron chi connectivity index (χ3n) is 4.59. The molecule has 0 spiro atoms. The molecule has 26 heavy (non-hydrogen) atoms. The number of hydrogen-bond acceptors (Lipinski definition) is 5. The number of aryl methyl sites for hydroxylation is 2. The quantitative estimate of drug-likeness (QED) is 0.732. The zero-order valence-corrected chi connectivity index (χ0v) is 15.4. The van der Waals surface area contributed by atoms with Crippen molar-refractivity contribution < 1.29 is 14.1 Å². The van der Waals surface area contributed by atoms with Gasteiger partial charge in [-0.25, -0.2) is 0 Å². The van der Waals surface area contributed by atoms with Crippen LogP contribution in [0.4, 0.5) is 0 Å². The Morgan fingerprint density at radius 2 is 2.12 bits per heavy atom. The fourth-order valence-corrected chi connectivity index (χ4v) is 4.41. The van der Waals surface area contributed by atoms with Crippen molar-refractivity contribution in [2.45, 2.75) is 32.2 Å². The molecule has 0 radical (unpaired) electrons. The maximum atomic E-state index is 12.4.